The van der Waals surface area contributed by atoms with Crippen molar-refractivity contribution in [2.75, 3.05) is 26.2 Å². The number of rotatable bonds is 10. The quantitative estimate of drug-likeness (QED) is 0.396. The average Bonchev–Trinajstić information content (AvgIpc) is 2.83. The fraction of sp³-hybridized carbons (Fsp3) is 0.615. The van der Waals surface area contributed by atoms with Crippen LogP contribution < -0.4 is 10.9 Å². The highest BCUT2D eigenvalue weighted by Gasteiger charge is 2.24. The molecule has 1 fully saturated rings. The third-order valence-electron chi connectivity index (χ3n) is 6.83. The average molecular weight is 457 g/mol. The maximum atomic E-state index is 12.9. The molecule has 0 spiro atoms. The van der Waals surface area contributed by atoms with Crippen molar-refractivity contribution in [3.8, 4) is 0 Å². The third kappa shape index (κ3) is 6.55. The van der Waals surface area contributed by atoms with Gasteiger partial charge in [0, 0.05) is 23.7 Å². The van der Waals surface area contributed by atoms with Crippen molar-refractivity contribution in [1.29, 1.82) is 0 Å². The number of aromatic amines is 1. The highest BCUT2D eigenvalue weighted by Crippen LogP contribution is 2.24. The number of hydrogen-bond acceptors (Lipinski definition) is 3. The normalized spacial score (nSPS) is 14.8. The molecule has 0 aliphatic heterocycles. The first-order valence-corrected chi connectivity index (χ1v) is 12.9. The van der Waals surface area contributed by atoms with Crippen LogP contribution in [0, 0.1) is 0 Å². The Balaban J connectivity index is 1.74. The summed E-state index contributed by atoms with van der Waals surface area (Å²) < 4.78 is 0. The second-order valence-corrected chi connectivity index (χ2v) is 9.32. The number of aromatic nitrogens is 1. The molecule has 3 rings (SSSR count). The van der Waals surface area contributed by atoms with Crippen molar-refractivity contribution in [2.24, 2.45) is 0 Å². The van der Waals surface area contributed by atoms with Gasteiger partial charge in [0.05, 0.1) is 6.54 Å². The van der Waals surface area contributed by atoms with Crippen LogP contribution >= 0.6 is 12.2 Å². The van der Waals surface area contributed by atoms with Gasteiger partial charge in [-0.1, -0.05) is 46.1 Å². The molecule has 0 bridgehead atoms. The standard InChI is InChI=1S/C26H40N4OS/c1-4-20-13-14-24-21(17-20)18-22(25(31)28-24)19-30(23-11-8-7-9-12-23)26(32)27-15-10-16-29(5-2)6-3/h13-14,17-18,23H,4-12,15-16,19H2,1-3H3,(H,27,32)(H,28,31). The Kier molecular flexibility index (Phi) is 9.54. The molecule has 6 heteroatoms. The number of nitrogens with zero attached hydrogens (tertiary/aromatic N) is 2. The van der Waals surface area contributed by atoms with Crippen molar-refractivity contribution in [3.63, 3.8) is 0 Å². The molecule has 0 radical (unpaired) electrons. The molecule has 2 aromatic rings. The van der Waals surface area contributed by atoms with Crippen molar-refractivity contribution >= 4 is 28.2 Å². The molecular weight excluding hydrogens is 416 g/mol. The van der Waals surface area contributed by atoms with Crippen LogP contribution in [0.2, 0.25) is 0 Å². The number of hydrogen-bond donors (Lipinski definition) is 2. The topological polar surface area (TPSA) is 51.4 Å². The Hall–Kier alpha value is -1.92. The predicted octanol–water partition coefficient (Wildman–Crippen LogP) is 4.83. The minimum atomic E-state index is -0.00751. The van der Waals surface area contributed by atoms with Crippen LogP contribution in [0.3, 0.4) is 0 Å². The lowest BCUT2D eigenvalue weighted by Crippen LogP contribution is -2.47. The Bertz CT molecular complexity index is 931. The van der Waals surface area contributed by atoms with Crippen LogP contribution in [0.5, 0.6) is 0 Å². The molecule has 176 valence electrons. The summed E-state index contributed by atoms with van der Waals surface area (Å²) in [6, 6.07) is 8.75. The number of fused-ring (bicyclic) bond motifs is 1. The van der Waals surface area contributed by atoms with E-state index >= 15 is 0 Å². The summed E-state index contributed by atoms with van der Waals surface area (Å²) in [4.78, 5) is 20.7. The van der Waals surface area contributed by atoms with Crippen molar-refractivity contribution in [2.45, 2.75) is 78.3 Å². The lowest BCUT2D eigenvalue weighted by Gasteiger charge is -2.36. The van der Waals surface area contributed by atoms with E-state index < -0.39 is 0 Å². The summed E-state index contributed by atoms with van der Waals surface area (Å²) in [5.41, 5.74) is 2.97. The van der Waals surface area contributed by atoms with Crippen LogP contribution in [-0.2, 0) is 13.0 Å². The van der Waals surface area contributed by atoms with Gasteiger partial charge in [-0.2, -0.15) is 0 Å². The largest absolute Gasteiger partial charge is 0.363 e. The van der Waals surface area contributed by atoms with E-state index in [0.29, 0.717) is 12.6 Å². The predicted molar refractivity (Wildman–Crippen MR) is 139 cm³/mol. The number of aryl methyl sites for hydroxylation is 1. The van der Waals surface area contributed by atoms with Gasteiger partial charge < -0.3 is 20.1 Å². The van der Waals surface area contributed by atoms with Gasteiger partial charge in [0.25, 0.3) is 5.56 Å². The molecule has 1 aliphatic carbocycles. The minimum absolute atomic E-state index is 0.00751. The fourth-order valence-electron chi connectivity index (χ4n) is 4.72. The molecule has 1 aromatic carbocycles. The van der Waals surface area contributed by atoms with Crippen LogP contribution in [-0.4, -0.2) is 52.1 Å². The summed E-state index contributed by atoms with van der Waals surface area (Å²) in [5, 5.41) is 5.39. The molecule has 5 nitrogen and oxygen atoms in total. The summed E-state index contributed by atoms with van der Waals surface area (Å²) in [7, 11) is 0. The smallest absolute Gasteiger partial charge is 0.253 e. The molecule has 1 saturated carbocycles. The third-order valence-corrected chi connectivity index (χ3v) is 7.21. The van der Waals surface area contributed by atoms with Gasteiger partial charge in [0.15, 0.2) is 5.11 Å². The first kappa shape index (κ1) is 24.7. The monoisotopic (exact) mass is 456 g/mol. The number of thiocarbonyl (C=S) groups is 1. The van der Waals surface area contributed by atoms with Crippen LogP contribution in [0.15, 0.2) is 29.1 Å². The molecule has 1 heterocycles. The number of benzene rings is 1. The molecule has 2 N–H and O–H groups in total. The first-order chi connectivity index (χ1) is 15.5. The van der Waals surface area contributed by atoms with E-state index in [4.69, 9.17) is 12.2 Å². The van der Waals surface area contributed by atoms with Gasteiger partial charge in [-0.15, -0.1) is 0 Å². The van der Waals surface area contributed by atoms with E-state index in [0.717, 1.165) is 73.4 Å². The summed E-state index contributed by atoms with van der Waals surface area (Å²) in [5.74, 6) is 0. The molecular formula is C26H40N4OS. The first-order valence-electron chi connectivity index (χ1n) is 12.5. The van der Waals surface area contributed by atoms with Crippen molar-refractivity contribution < 1.29 is 0 Å². The SMILES string of the molecule is CCc1ccc2[nH]c(=O)c(CN(C(=S)NCCCN(CC)CC)C3CCCCC3)cc2c1. The molecule has 1 aliphatic rings. The summed E-state index contributed by atoms with van der Waals surface area (Å²) in [6.45, 7) is 11.2. The molecule has 32 heavy (non-hydrogen) atoms. The van der Waals surface area contributed by atoms with Gasteiger partial charge >= 0.3 is 0 Å². The number of nitrogens with one attached hydrogen (secondary N) is 2. The Morgan fingerprint density at radius 1 is 1.12 bits per heavy atom. The van der Waals surface area contributed by atoms with E-state index in [2.05, 4.69) is 59.1 Å². The number of H-pyrrole nitrogens is 1. The molecule has 0 saturated heterocycles. The van der Waals surface area contributed by atoms with Crippen molar-refractivity contribution in [3.05, 3.63) is 45.7 Å². The Labute approximate surface area is 198 Å². The lowest BCUT2D eigenvalue weighted by molar-refractivity contribution is 0.233. The van der Waals surface area contributed by atoms with Crippen LogP contribution in [0.1, 0.15) is 70.4 Å². The zero-order valence-corrected chi connectivity index (χ0v) is 20.9. The highest BCUT2D eigenvalue weighted by molar-refractivity contribution is 7.80. The molecule has 1 aromatic heterocycles. The van der Waals surface area contributed by atoms with Gasteiger partial charge in [-0.3, -0.25) is 4.79 Å². The van der Waals surface area contributed by atoms with Gasteiger partial charge in [0.2, 0.25) is 0 Å². The minimum Gasteiger partial charge on any atom is -0.363 e. The van der Waals surface area contributed by atoms with Crippen LogP contribution in [0.25, 0.3) is 10.9 Å². The zero-order chi connectivity index (χ0) is 22.9. The highest BCUT2D eigenvalue weighted by atomic mass is 32.1. The van der Waals surface area contributed by atoms with Crippen molar-refractivity contribution in [1.82, 2.24) is 20.1 Å². The molecule has 0 unspecified atom stereocenters. The van der Waals surface area contributed by atoms with E-state index in [-0.39, 0.29) is 5.56 Å². The van der Waals surface area contributed by atoms with Crippen LogP contribution in [0.4, 0.5) is 0 Å². The van der Waals surface area contributed by atoms with Gasteiger partial charge in [-0.25, -0.2) is 0 Å². The zero-order valence-electron chi connectivity index (χ0n) is 20.1. The van der Waals surface area contributed by atoms with Gasteiger partial charge in [0.1, 0.15) is 0 Å². The second kappa shape index (κ2) is 12.4. The summed E-state index contributed by atoms with van der Waals surface area (Å²) in [6.07, 6.45) is 8.11. The lowest BCUT2D eigenvalue weighted by atomic mass is 9.94. The fourth-order valence-corrected chi connectivity index (χ4v) is 5.04. The number of pyridine rings is 1. The van der Waals surface area contributed by atoms with E-state index in [1.165, 1.54) is 24.8 Å². The van der Waals surface area contributed by atoms with E-state index in [1.807, 2.05) is 6.07 Å². The Morgan fingerprint density at radius 3 is 2.56 bits per heavy atom. The second-order valence-electron chi connectivity index (χ2n) is 8.93. The van der Waals surface area contributed by atoms with E-state index in [1.54, 1.807) is 0 Å². The summed E-state index contributed by atoms with van der Waals surface area (Å²) >= 11 is 5.86. The Morgan fingerprint density at radius 2 is 1.88 bits per heavy atom. The molecule has 0 atom stereocenters. The van der Waals surface area contributed by atoms with Gasteiger partial charge in [-0.05, 0) is 86.7 Å². The van der Waals surface area contributed by atoms with E-state index in [9.17, 15) is 4.79 Å². The molecule has 0 amide bonds. The maximum Gasteiger partial charge on any atom is 0.253 e. The maximum absolute atomic E-state index is 12.9.